The molecule has 0 radical (unpaired) electrons. The van der Waals surface area contributed by atoms with Crippen molar-refractivity contribution in [1.82, 2.24) is 0 Å². The summed E-state index contributed by atoms with van der Waals surface area (Å²) in [4.78, 5) is 21.7. The Bertz CT molecular complexity index is 822. The number of esters is 1. The summed E-state index contributed by atoms with van der Waals surface area (Å²) in [6.07, 6.45) is 0.805. The molecule has 0 bridgehead atoms. The first-order valence-electron chi connectivity index (χ1n) is 8.42. The summed E-state index contributed by atoms with van der Waals surface area (Å²) in [5.41, 5.74) is 1.27. The Hall–Kier alpha value is -1.64. The zero-order valence-corrected chi connectivity index (χ0v) is 19.6. The molecule has 152 valence electrons. The molecule has 0 fully saturated rings. The van der Waals surface area contributed by atoms with Crippen molar-refractivity contribution in [2.75, 3.05) is 7.11 Å². The average Bonchev–Trinajstić information content (AvgIpc) is 2.67. The number of benzene rings is 2. The second-order valence-corrected chi connectivity index (χ2v) is 7.35. The van der Waals surface area contributed by atoms with Gasteiger partial charge >= 0.3 is 5.97 Å². The summed E-state index contributed by atoms with van der Waals surface area (Å²) in [5.74, 6) is 0.257. The van der Waals surface area contributed by atoms with E-state index in [1.165, 1.54) is 13.2 Å². The number of hydrogen-bond donors (Lipinski definition) is 0. The van der Waals surface area contributed by atoms with Gasteiger partial charge < -0.3 is 9.47 Å². The molecule has 6 nitrogen and oxygen atoms in total. The Morgan fingerprint density at radius 1 is 1.21 bits per heavy atom. The molecular weight excluding hydrogens is 517 g/mol. The Morgan fingerprint density at radius 3 is 2.36 bits per heavy atom. The number of nitro benzene ring substituents is 1. The molecule has 0 N–H and O–H groups in total. The van der Waals surface area contributed by atoms with Gasteiger partial charge in [-0.05, 0) is 56.0 Å². The molecule has 0 heterocycles. The van der Waals surface area contributed by atoms with Gasteiger partial charge in [-0.15, -0.1) is 0 Å². The van der Waals surface area contributed by atoms with Crippen LogP contribution in [-0.4, -0.2) is 18.0 Å². The number of ether oxygens (including phenoxy) is 2. The van der Waals surface area contributed by atoms with E-state index in [-0.39, 0.29) is 29.7 Å². The van der Waals surface area contributed by atoms with Crippen LogP contribution in [0.4, 0.5) is 5.69 Å². The van der Waals surface area contributed by atoms with Gasteiger partial charge in [0.2, 0.25) is 0 Å². The molecular formula is C19H20Br2ClNO5. The zero-order valence-electron chi connectivity index (χ0n) is 15.6. The zero-order chi connectivity index (χ0) is 21.3. The van der Waals surface area contributed by atoms with Crippen LogP contribution < -0.4 is 4.74 Å². The average molecular weight is 538 g/mol. The summed E-state index contributed by atoms with van der Waals surface area (Å²) in [7, 11) is 1.35. The summed E-state index contributed by atoms with van der Waals surface area (Å²) in [6, 6.07) is 8.26. The number of methoxy groups -OCH3 is 1. The maximum Gasteiger partial charge on any atom is 0.305 e. The van der Waals surface area contributed by atoms with Gasteiger partial charge in [0.05, 0.1) is 21.0 Å². The van der Waals surface area contributed by atoms with E-state index in [1.54, 1.807) is 12.1 Å². The fourth-order valence-corrected chi connectivity index (χ4v) is 3.97. The maximum absolute atomic E-state index is 11.3. The smallest absolute Gasteiger partial charge is 0.305 e. The molecule has 0 unspecified atom stereocenters. The second-order valence-electron chi connectivity index (χ2n) is 5.26. The van der Waals surface area contributed by atoms with Crippen molar-refractivity contribution in [3.05, 3.63) is 65.5 Å². The van der Waals surface area contributed by atoms with Crippen LogP contribution in [-0.2, 0) is 22.6 Å². The van der Waals surface area contributed by atoms with Crippen LogP contribution in [0.2, 0.25) is 5.02 Å². The van der Waals surface area contributed by atoms with Crippen LogP contribution in [0, 0.1) is 10.1 Å². The molecule has 2 rings (SSSR count). The molecule has 2 aromatic carbocycles. The third-order valence-electron chi connectivity index (χ3n) is 3.53. The highest BCUT2D eigenvalue weighted by atomic mass is 79.9. The first-order valence-corrected chi connectivity index (χ1v) is 10.4. The molecule has 0 aliphatic rings. The van der Waals surface area contributed by atoms with E-state index >= 15 is 0 Å². The molecule has 0 aliphatic carbocycles. The molecule has 2 aromatic rings. The molecule has 28 heavy (non-hydrogen) atoms. The predicted molar refractivity (Wildman–Crippen MR) is 116 cm³/mol. The normalized spacial score (nSPS) is 9.93. The van der Waals surface area contributed by atoms with Gasteiger partial charge in [0.25, 0.3) is 5.69 Å². The van der Waals surface area contributed by atoms with Crippen molar-refractivity contribution >= 4 is 55.1 Å². The minimum Gasteiger partial charge on any atom is -0.486 e. The molecule has 9 heteroatoms. The largest absolute Gasteiger partial charge is 0.486 e. The molecule has 0 aliphatic heterocycles. The minimum absolute atomic E-state index is 0.0550. The quantitative estimate of drug-likeness (QED) is 0.229. The summed E-state index contributed by atoms with van der Waals surface area (Å²) < 4.78 is 11.8. The van der Waals surface area contributed by atoms with Crippen LogP contribution >= 0.6 is 43.5 Å². The van der Waals surface area contributed by atoms with Gasteiger partial charge in [-0.1, -0.05) is 37.6 Å². The molecule has 0 atom stereocenters. The lowest BCUT2D eigenvalue weighted by atomic mass is 10.1. The first kappa shape index (κ1) is 24.4. The van der Waals surface area contributed by atoms with Gasteiger partial charge in [0.15, 0.2) is 0 Å². The highest BCUT2D eigenvalue weighted by Crippen LogP contribution is 2.36. The van der Waals surface area contributed by atoms with Crippen LogP contribution in [0.3, 0.4) is 0 Å². The number of carbonyl (C=O) groups excluding carboxylic acids is 1. The Balaban J connectivity index is 0.00000190. The van der Waals surface area contributed by atoms with Crippen LogP contribution in [0.5, 0.6) is 5.75 Å². The lowest BCUT2D eigenvalue weighted by Crippen LogP contribution is -2.03. The van der Waals surface area contributed by atoms with E-state index in [2.05, 4.69) is 36.6 Å². The standard InChI is InChI=1S/C17H14Br2ClNO5.C2H6/c1-25-15(22)6-5-10-7-12(18)17(13(19)8-10)26-9-11-3-2-4-14(16(11)20)21(23)24;1-2/h2-4,7-8H,5-6,9H2,1H3;1-2H3. The lowest BCUT2D eigenvalue weighted by molar-refractivity contribution is -0.384. The highest BCUT2D eigenvalue weighted by Gasteiger charge is 2.17. The predicted octanol–water partition coefficient (Wildman–Crippen LogP) is 6.48. The minimum atomic E-state index is -0.534. The van der Waals surface area contributed by atoms with E-state index in [9.17, 15) is 14.9 Å². The van der Waals surface area contributed by atoms with Crippen molar-refractivity contribution in [3.63, 3.8) is 0 Å². The van der Waals surface area contributed by atoms with Crippen molar-refractivity contribution in [1.29, 1.82) is 0 Å². The monoisotopic (exact) mass is 535 g/mol. The van der Waals surface area contributed by atoms with Crippen molar-refractivity contribution < 1.29 is 19.2 Å². The SMILES string of the molecule is CC.COC(=O)CCc1cc(Br)c(OCc2cccc([N+](=O)[O-])c2Cl)c(Br)c1. The lowest BCUT2D eigenvalue weighted by Gasteiger charge is -2.13. The second kappa shape index (κ2) is 12.0. The van der Waals surface area contributed by atoms with Gasteiger partial charge in [-0.25, -0.2) is 0 Å². The van der Waals surface area contributed by atoms with Gasteiger partial charge in [0.1, 0.15) is 17.4 Å². The van der Waals surface area contributed by atoms with Gasteiger partial charge in [-0.3, -0.25) is 14.9 Å². The van der Waals surface area contributed by atoms with E-state index < -0.39 is 4.92 Å². The Kier molecular flexibility index (Phi) is 10.5. The van der Waals surface area contributed by atoms with Crippen LogP contribution in [0.1, 0.15) is 31.4 Å². The third kappa shape index (κ3) is 6.76. The number of halogens is 3. The van der Waals surface area contributed by atoms with Gasteiger partial charge in [0, 0.05) is 18.1 Å². The van der Waals surface area contributed by atoms with E-state index in [0.717, 1.165) is 5.56 Å². The number of nitrogens with zero attached hydrogens (tertiary/aromatic N) is 1. The van der Waals surface area contributed by atoms with Crippen molar-refractivity contribution in [2.24, 2.45) is 0 Å². The Morgan fingerprint density at radius 2 is 1.82 bits per heavy atom. The number of rotatable bonds is 7. The van der Waals surface area contributed by atoms with Crippen LogP contribution in [0.15, 0.2) is 39.3 Å². The van der Waals surface area contributed by atoms with E-state index in [4.69, 9.17) is 16.3 Å². The van der Waals surface area contributed by atoms with E-state index in [0.29, 0.717) is 26.7 Å². The van der Waals surface area contributed by atoms with E-state index in [1.807, 2.05) is 26.0 Å². The molecule has 0 saturated carbocycles. The first-order chi connectivity index (χ1) is 13.3. The molecule has 0 aromatic heterocycles. The number of nitro groups is 1. The summed E-state index contributed by atoms with van der Waals surface area (Å²) in [5, 5.41) is 11.0. The van der Waals surface area contributed by atoms with Gasteiger partial charge in [-0.2, -0.15) is 0 Å². The molecule has 0 spiro atoms. The molecule has 0 amide bonds. The topological polar surface area (TPSA) is 78.7 Å². The summed E-state index contributed by atoms with van der Waals surface area (Å²) >= 11 is 12.9. The number of aryl methyl sites for hydroxylation is 1. The fourth-order valence-electron chi connectivity index (χ4n) is 2.21. The highest BCUT2D eigenvalue weighted by molar-refractivity contribution is 9.11. The molecule has 0 saturated heterocycles. The van der Waals surface area contributed by atoms with Crippen LogP contribution in [0.25, 0.3) is 0 Å². The fraction of sp³-hybridized carbons (Fsp3) is 0.316. The summed E-state index contributed by atoms with van der Waals surface area (Å²) in [6.45, 7) is 4.07. The third-order valence-corrected chi connectivity index (χ3v) is 5.14. The maximum atomic E-state index is 11.3. The Labute approximate surface area is 185 Å². The van der Waals surface area contributed by atoms with Crippen molar-refractivity contribution in [3.8, 4) is 5.75 Å². The number of carbonyl (C=O) groups is 1. The van der Waals surface area contributed by atoms with Crippen molar-refractivity contribution in [2.45, 2.75) is 33.3 Å². The number of hydrogen-bond acceptors (Lipinski definition) is 5.